The van der Waals surface area contributed by atoms with Crippen molar-refractivity contribution in [2.45, 2.75) is 19.6 Å². The van der Waals surface area contributed by atoms with E-state index in [2.05, 4.69) is 24.2 Å². The van der Waals surface area contributed by atoms with E-state index in [0.717, 1.165) is 0 Å². The van der Waals surface area contributed by atoms with Crippen LogP contribution in [0.4, 0.5) is 0 Å². The van der Waals surface area contributed by atoms with Gasteiger partial charge in [-0.25, -0.2) is 0 Å². The van der Waals surface area contributed by atoms with E-state index in [0.29, 0.717) is 0 Å². The number of halogens is 1. The molecule has 0 aliphatic carbocycles. The van der Waals surface area contributed by atoms with Gasteiger partial charge >= 0.3 is 50.4 Å². The minimum atomic E-state index is -1.22. The van der Waals surface area contributed by atoms with E-state index >= 15 is 0 Å². The molecule has 4 heteroatoms. The summed E-state index contributed by atoms with van der Waals surface area (Å²) in [7, 11) is -1.22. The van der Waals surface area contributed by atoms with Crippen molar-refractivity contribution in [3.8, 4) is 0 Å². The van der Waals surface area contributed by atoms with E-state index in [-0.39, 0.29) is 0 Å². The van der Waals surface area contributed by atoms with Crippen LogP contribution in [-0.2, 0) is 0 Å². The Balaban J connectivity index is 3.56. The fraction of sp³-hybridized carbons (Fsp3) is 1.00. The fourth-order valence-corrected chi connectivity index (χ4v) is 1.32. The molecule has 40 valence electrons. The van der Waals surface area contributed by atoms with Crippen LogP contribution in [0.2, 0.25) is 19.6 Å². The normalized spacial score (nSPS) is 12.0. The van der Waals surface area contributed by atoms with Crippen LogP contribution in [0.15, 0.2) is 4.56 Å². The summed E-state index contributed by atoms with van der Waals surface area (Å²) in [6, 6.07) is 0. The molecule has 0 radical (unpaired) electrons. The van der Waals surface area contributed by atoms with Crippen molar-refractivity contribution in [3.05, 3.63) is 0 Å². The van der Waals surface area contributed by atoms with Crippen molar-refractivity contribution in [1.29, 1.82) is 0 Å². The van der Waals surface area contributed by atoms with Gasteiger partial charge in [-0.15, -0.1) is 0 Å². The summed E-state index contributed by atoms with van der Waals surface area (Å²) >= 11 is 5.23. The molecule has 0 aliphatic heterocycles. The van der Waals surface area contributed by atoms with Crippen molar-refractivity contribution in [1.82, 2.24) is 0 Å². The van der Waals surface area contributed by atoms with Gasteiger partial charge in [-0.2, -0.15) is 0 Å². The molecule has 0 unspecified atom stereocenters. The molecule has 7 heavy (non-hydrogen) atoms. The average Bonchev–Trinajstić information content (AvgIpc) is 1.30. The predicted molar refractivity (Wildman–Crippen MR) is 37.4 cm³/mol. The number of nitrogens with zero attached hydrogens (tertiary/aromatic N) is 1. The molecule has 0 aromatic heterocycles. The zero-order valence-corrected chi connectivity index (χ0v) is 6.66. The molecule has 0 spiro atoms. The molecule has 0 atom stereocenters. The molecule has 0 amide bonds. The second-order valence-electron chi connectivity index (χ2n) is 2.40. The van der Waals surface area contributed by atoms with Gasteiger partial charge < -0.3 is 0 Å². The third-order valence-electron chi connectivity index (χ3n) is 0.436. The summed E-state index contributed by atoms with van der Waals surface area (Å²) in [6.07, 6.45) is 0. The SMILES string of the molecule is C[Si](C)(C)N=BCl. The zero-order chi connectivity index (χ0) is 5.91. The molecule has 0 fully saturated rings. The van der Waals surface area contributed by atoms with Gasteiger partial charge in [0.15, 0.2) is 0 Å². The average molecular weight is 133 g/mol. The second-order valence-corrected chi connectivity index (χ2v) is 7.19. The standard InChI is InChI=1S/C3H9BClNSi/c1-7(2,3)6-4-5/h1-3H3. The third kappa shape index (κ3) is 6.37. The summed E-state index contributed by atoms with van der Waals surface area (Å²) in [5.41, 5.74) is 0. The molecule has 0 bridgehead atoms. The van der Waals surface area contributed by atoms with Gasteiger partial charge in [0.05, 0.1) is 0 Å². The Morgan fingerprint density at radius 3 is 1.86 bits per heavy atom. The van der Waals surface area contributed by atoms with Gasteiger partial charge in [-0.1, -0.05) is 0 Å². The third-order valence-corrected chi connectivity index (χ3v) is 1.60. The van der Waals surface area contributed by atoms with E-state index in [4.69, 9.17) is 11.5 Å². The van der Waals surface area contributed by atoms with Crippen LogP contribution in [0.5, 0.6) is 0 Å². The maximum absolute atomic E-state index is 5.23. The quantitative estimate of drug-likeness (QED) is 0.484. The van der Waals surface area contributed by atoms with E-state index in [1.165, 1.54) is 6.49 Å². The Morgan fingerprint density at radius 1 is 1.43 bits per heavy atom. The molecular weight excluding hydrogens is 124 g/mol. The number of rotatable bonds is 1. The van der Waals surface area contributed by atoms with Crippen molar-refractivity contribution >= 4 is 26.2 Å². The molecule has 0 rings (SSSR count). The summed E-state index contributed by atoms with van der Waals surface area (Å²) in [5.74, 6) is 0. The molecular formula is C3H9BClNSi. The zero-order valence-electron chi connectivity index (χ0n) is 4.90. The summed E-state index contributed by atoms with van der Waals surface area (Å²) in [5, 5.41) is 0. The van der Waals surface area contributed by atoms with Crippen LogP contribution in [-0.4, -0.2) is 14.7 Å². The van der Waals surface area contributed by atoms with Crippen molar-refractivity contribution in [2.75, 3.05) is 0 Å². The molecule has 0 aromatic carbocycles. The van der Waals surface area contributed by atoms with Crippen molar-refractivity contribution in [3.63, 3.8) is 0 Å². The predicted octanol–water partition coefficient (Wildman–Crippen LogP) is 1.86. The van der Waals surface area contributed by atoms with E-state index < -0.39 is 8.24 Å². The molecule has 0 heterocycles. The Hall–Kier alpha value is 0.372. The topological polar surface area (TPSA) is 12.4 Å². The van der Waals surface area contributed by atoms with Gasteiger partial charge in [0.1, 0.15) is 0 Å². The van der Waals surface area contributed by atoms with Crippen LogP contribution < -0.4 is 0 Å². The summed E-state index contributed by atoms with van der Waals surface area (Å²) in [4.78, 5) is 0. The van der Waals surface area contributed by atoms with E-state index in [1.807, 2.05) is 0 Å². The molecule has 0 N–H and O–H groups in total. The maximum atomic E-state index is 5.23. The Morgan fingerprint density at radius 2 is 1.86 bits per heavy atom. The molecule has 1 nitrogen and oxygen atoms in total. The summed E-state index contributed by atoms with van der Waals surface area (Å²) < 4.78 is 4.04. The molecule has 0 aliphatic rings. The first-order valence-electron chi connectivity index (χ1n) is 2.20. The summed E-state index contributed by atoms with van der Waals surface area (Å²) in [6.45, 7) is 7.76. The van der Waals surface area contributed by atoms with Crippen molar-refractivity contribution < 1.29 is 0 Å². The second kappa shape index (κ2) is 2.62. The first-order valence-corrected chi connectivity index (χ1v) is 6.08. The van der Waals surface area contributed by atoms with Gasteiger partial charge in [0.2, 0.25) is 0 Å². The van der Waals surface area contributed by atoms with Crippen molar-refractivity contribution in [2.24, 2.45) is 4.56 Å². The first kappa shape index (κ1) is 7.37. The first-order chi connectivity index (χ1) is 3.06. The van der Waals surface area contributed by atoms with Crippen LogP contribution in [0.3, 0.4) is 0 Å². The van der Waals surface area contributed by atoms with Crippen LogP contribution in [0.25, 0.3) is 0 Å². The van der Waals surface area contributed by atoms with Gasteiger partial charge in [0, 0.05) is 0 Å². The van der Waals surface area contributed by atoms with Gasteiger partial charge in [0.25, 0.3) is 0 Å². The molecule has 0 saturated carbocycles. The van der Waals surface area contributed by atoms with Crippen LogP contribution >= 0.6 is 11.5 Å². The Bertz CT molecular complexity index is 77.5. The Kier molecular flexibility index (Phi) is 2.76. The van der Waals surface area contributed by atoms with Gasteiger partial charge in [-0.05, 0) is 0 Å². The van der Waals surface area contributed by atoms with Gasteiger partial charge in [-0.3, -0.25) is 0 Å². The number of hydrogen-bond acceptors (Lipinski definition) is 1. The van der Waals surface area contributed by atoms with E-state index in [1.54, 1.807) is 0 Å². The molecule has 0 aromatic rings. The van der Waals surface area contributed by atoms with E-state index in [9.17, 15) is 0 Å². The monoisotopic (exact) mass is 133 g/mol. The van der Waals surface area contributed by atoms with Crippen LogP contribution in [0, 0.1) is 0 Å². The fourth-order valence-electron chi connectivity index (χ4n) is 0.146. The minimum absolute atomic E-state index is 1.22. The molecule has 0 saturated heterocycles. The Labute approximate surface area is 51.0 Å². The number of hydrogen-bond donors (Lipinski definition) is 0. The van der Waals surface area contributed by atoms with Crippen LogP contribution in [0.1, 0.15) is 0 Å².